The Morgan fingerprint density at radius 2 is 1.97 bits per heavy atom. The lowest BCUT2D eigenvalue weighted by Gasteiger charge is -2.19. The summed E-state index contributed by atoms with van der Waals surface area (Å²) in [6, 6.07) is 11.7. The van der Waals surface area contributed by atoms with Crippen molar-refractivity contribution in [1.82, 2.24) is 24.7 Å². The largest absolute Gasteiger partial charge is 0.356 e. The van der Waals surface area contributed by atoms with Gasteiger partial charge in [-0.1, -0.05) is 17.3 Å². The Bertz CT molecular complexity index is 1370. The summed E-state index contributed by atoms with van der Waals surface area (Å²) >= 11 is 0. The number of fused-ring (bicyclic) bond motifs is 2. The second kappa shape index (κ2) is 6.16. The second-order valence-corrected chi connectivity index (χ2v) is 7.04. The van der Waals surface area contributed by atoms with Gasteiger partial charge in [-0.05, 0) is 43.7 Å². The van der Waals surface area contributed by atoms with E-state index in [0.29, 0.717) is 22.6 Å². The SMILES string of the molecule is Cc1cc(-c2cc(F)c3nnc(C(C)(F)c4ccc5ncccc5c4)n3c2)on1. The van der Waals surface area contributed by atoms with Gasteiger partial charge in [0, 0.05) is 29.4 Å². The molecule has 1 aromatic carbocycles. The molecule has 0 fully saturated rings. The Hall–Kier alpha value is -3.68. The smallest absolute Gasteiger partial charge is 0.197 e. The molecule has 4 aromatic heterocycles. The van der Waals surface area contributed by atoms with Gasteiger partial charge in [0.25, 0.3) is 0 Å². The highest BCUT2D eigenvalue weighted by Gasteiger charge is 2.35. The van der Waals surface area contributed by atoms with Gasteiger partial charge in [-0.3, -0.25) is 9.38 Å². The number of hydrogen-bond acceptors (Lipinski definition) is 5. The van der Waals surface area contributed by atoms with E-state index in [1.54, 1.807) is 49.6 Å². The third-order valence-corrected chi connectivity index (χ3v) is 4.94. The number of aromatic nitrogens is 5. The van der Waals surface area contributed by atoms with E-state index < -0.39 is 11.5 Å². The van der Waals surface area contributed by atoms with E-state index in [9.17, 15) is 4.39 Å². The predicted octanol–water partition coefficient (Wildman–Crippen LogP) is 4.61. The van der Waals surface area contributed by atoms with Crippen molar-refractivity contribution in [3.63, 3.8) is 0 Å². The zero-order valence-electron chi connectivity index (χ0n) is 15.6. The first kappa shape index (κ1) is 17.4. The highest BCUT2D eigenvalue weighted by atomic mass is 19.1. The van der Waals surface area contributed by atoms with E-state index >= 15 is 4.39 Å². The van der Waals surface area contributed by atoms with Crippen LogP contribution in [-0.4, -0.2) is 24.7 Å². The molecule has 0 N–H and O–H groups in total. The molecule has 5 rings (SSSR count). The minimum absolute atomic E-state index is 0.0345. The van der Waals surface area contributed by atoms with Crippen LogP contribution in [0.2, 0.25) is 0 Å². The highest BCUT2D eigenvalue weighted by Crippen LogP contribution is 2.35. The number of hydrogen-bond donors (Lipinski definition) is 0. The minimum Gasteiger partial charge on any atom is -0.356 e. The van der Waals surface area contributed by atoms with Gasteiger partial charge in [-0.2, -0.15) is 0 Å². The third-order valence-electron chi connectivity index (χ3n) is 4.94. The van der Waals surface area contributed by atoms with E-state index in [2.05, 4.69) is 20.3 Å². The van der Waals surface area contributed by atoms with Gasteiger partial charge >= 0.3 is 0 Å². The second-order valence-electron chi connectivity index (χ2n) is 7.04. The molecular weight excluding hydrogens is 376 g/mol. The molecule has 0 aliphatic heterocycles. The fraction of sp³-hybridized carbons (Fsp3) is 0.143. The number of benzene rings is 1. The molecule has 144 valence electrons. The van der Waals surface area contributed by atoms with Gasteiger partial charge in [-0.25, -0.2) is 8.78 Å². The minimum atomic E-state index is -2.02. The Labute approximate surface area is 163 Å². The molecule has 0 saturated carbocycles. The molecule has 0 aliphatic rings. The Morgan fingerprint density at radius 1 is 1.10 bits per heavy atom. The molecule has 0 radical (unpaired) electrons. The van der Waals surface area contributed by atoms with Crippen LogP contribution < -0.4 is 0 Å². The van der Waals surface area contributed by atoms with Crippen LogP contribution in [0, 0.1) is 12.7 Å². The monoisotopic (exact) mass is 391 g/mol. The Balaban J connectivity index is 1.69. The van der Waals surface area contributed by atoms with Crippen LogP contribution in [0.15, 0.2) is 59.4 Å². The summed E-state index contributed by atoms with van der Waals surface area (Å²) in [5.74, 6) is -0.290. The molecule has 1 unspecified atom stereocenters. The fourth-order valence-corrected chi connectivity index (χ4v) is 3.41. The van der Waals surface area contributed by atoms with Crippen LogP contribution in [0.3, 0.4) is 0 Å². The molecule has 0 bridgehead atoms. The number of halogens is 2. The van der Waals surface area contributed by atoms with Crippen molar-refractivity contribution in [2.45, 2.75) is 19.5 Å². The summed E-state index contributed by atoms with van der Waals surface area (Å²) in [6.45, 7) is 3.14. The first-order valence-electron chi connectivity index (χ1n) is 8.96. The van der Waals surface area contributed by atoms with Crippen molar-refractivity contribution in [3.05, 3.63) is 77.8 Å². The predicted molar refractivity (Wildman–Crippen MR) is 102 cm³/mol. The standard InChI is InChI=1S/C21H15F2N5O/c1-12-8-18(29-27-12)14-10-16(22)19-25-26-20(28(19)11-14)21(2,23)15-5-6-17-13(9-15)4-3-7-24-17/h3-11H,1-2H3. The van der Waals surface area contributed by atoms with Crippen LogP contribution in [-0.2, 0) is 5.67 Å². The maximum absolute atomic E-state index is 16.0. The third kappa shape index (κ3) is 2.75. The van der Waals surface area contributed by atoms with Crippen molar-refractivity contribution < 1.29 is 13.3 Å². The summed E-state index contributed by atoms with van der Waals surface area (Å²) in [6.07, 6.45) is 3.23. The van der Waals surface area contributed by atoms with Gasteiger partial charge in [0.15, 0.2) is 28.7 Å². The van der Waals surface area contributed by atoms with Gasteiger partial charge in [0.05, 0.1) is 11.2 Å². The number of aryl methyl sites for hydroxylation is 1. The molecular formula is C21H15F2N5O. The van der Waals surface area contributed by atoms with Crippen molar-refractivity contribution in [2.24, 2.45) is 0 Å². The molecule has 0 saturated heterocycles. The molecule has 5 aromatic rings. The molecule has 4 heterocycles. The summed E-state index contributed by atoms with van der Waals surface area (Å²) in [7, 11) is 0. The van der Waals surface area contributed by atoms with E-state index in [1.165, 1.54) is 17.4 Å². The lowest BCUT2D eigenvalue weighted by molar-refractivity contribution is 0.234. The topological polar surface area (TPSA) is 69.1 Å². The molecule has 0 spiro atoms. The fourth-order valence-electron chi connectivity index (χ4n) is 3.41. The molecule has 6 nitrogen and oxygen atoms in total. The maximum atomic E-state index is 16.0. The lowest BCUT2D eigenvalue weighted by Crippen LogP contribution is -2.21. The molecule has 0 amide bonds. The number of nitrogens with zero attached hydrogens (tertiary/aromatic N) is 5. The van der Waals surface area contributed by atoms with Crippen LogP contribution in [0.5, 0.6) is 0 Å². The zero-order chi connectivity index (χ0) is 20.2. The van der Waals surface area contributed by atoms with Crippen LogP contribution in [0.25, 0.3) is 27.9 Å². The molecule has 8 heteroatoms. The number of pyridine rings is 2. The summed E-state index contributed by atoms with van der Waals surface area (Å²) in [5, 5.41) is 12.4. The van der Waals surface area contributed by atoms with Gasteiger partial charge in [0.1, 0.15) is 0 Å². The lowest BCUT2D eigenvalue weighted by atomic mass is 9.95. The van der Waals surface area contributed by atoms with Gasteiger partial charge in [0.2, 0.25) is 0 Å². The number of rotatable bonds is 3. The van der Waals surface area contributed by atoms with Gasteiger partial charge < -0.3 is 4.52 Å². The first-order valence-corrected chi connectivity index (χ1v) is 8.96. The maximum Gasteiger partial charge on any atom is 0.197 e. The van der Waals surface area contributed by atoms with Crippen molar-refractivity contribution in [1.29, 1.82) is 0 Å². The van der Waals surface area contributed by atoms with E-state index in [0.717, 1.165) is 10.9 Å². The van der Waals surface area contributed by atoms with Crippen molar-refractivity contribution >= 4 is 16.6 Å². The summed E-state index contributed by atoms with van der Waals surface area (Å²) < 4.78 is 37.2. The zero-order valence-corrected chi connectivity index (χ0v) is 15.6. The number of alkyl halides is 1. The molecule has 0 aliphatic carbocycles. The quantitative estimate of drug-likeness (QED) is 0.449. The van der Waals surface area contributed by atoms with Crippen LogP contribution in [0.1, 0.15) is 24.0 Å². The average molecular weight is 391 g/mol. The molecule has 29 heavy (non-hydrogen) atoms. The van der Waals surface area contributed by atoms with E-state index in [4.69, 9.17) is 4.52 Å². The highest BCUT2D eigenvalue weighted by molar-refractivity contribution is 5.79. The van der Waals surface area contributed by atoms with Crippen molar-refractivity contribution in [3.8, 4) is 11.3 Å². The van der Waals surface area contributed by atoms with Crippen molar-refractivity contribution in [2.75, 3.05) is 0 Å². The molecule has 1 atom stereocenters. The van der Waals surface area contributed by atoms with Gasteiger partial charge in [-0.15, -0.1) is 10.2 Å². The first-order chi connectivity index (χ1) is 13.9. The Morgan fingerprint density at radius 3 is 2.76 bits per heavy atom. The summed E-state index contributed by atoms with van der Waals surface area (Å²) in [5.41, 5.74) is 0.109. The Kier molecular flexibility index (Phi) is 3.70. The summed E-state index contributed by atoms with van der Waals surface area (Å²) in [4.78, 5) is 4.25. The van der Waals surface area contributed by atoms with E-state index in [1.807, 2.05) is 6.07 Å². The normalized spacial score (nSPS) is 13.8. The average Bonchev–Trinajstić information content (AvgIpc) is 3.34. The van der Waals surface area contributed by atoms with Crippen LogP contribution in [0.4, 0.5) is 8.78 Å². The van der Waals surface area contributed by atoms with E-state index in [-0.39, 0.29) is 11.5 Å². The van der Waals surface area contributed by atoms with Crippen LogP contribution >= 0.6 is 0 Å².